The molecule has 3 rings (SSSR count). The number of nitrogens with zero attached hydrogens (tertiary/aromatic N) is 1. The molecule has 0 saturated heterocycles. The molecule has 0 radical (unpaired) electrons. The van der Waals surface area contributed by atoms with Crippen molar-refractivity contribution in [3.63, 3.8) is 0 Å². The fourth-order valence-corrected chi connectivity index (χ4v) is 3.38. The summed E-state index contributed by atoms with van der Waals surface area (Å²) in [7, 11) is 0. The molecule has 2 heterocycles. The summed E-state index contributed by atoms with van der Waals surface area (Å²) in [6.07, 6.45) is 4.69. The fourth-order valence-electron chi connectivity index (χ4n) is 3.38. The molecule has 6 nitrogen and oxygen atoms in total. The Hall–Kier alpha value is -3.54. The number of rotatable bonds is 7. The number of carbonyl (C=O) groups is 2. The van der Waals surface area contributed by atoms with Gasteiger partial charge in [-0.25, -0.2) is 4.79 Å². The molecular formula is C24H26N2O4. The van der Waals surface area contributed by atoms with Crippen LogP contribution in [-0.4, -0.2) is 23.1 Å². The van der Waals surface area contributed by atoms with Crippen LogP contribution in [0.3, 0.4) is 0 Å². The van der Waals surface area contributed by atoms with Crippen molar-refractivity contribution in [2.24, 2.45) is 0 Å². The predicted molar refractivity (Wildman–Crippen MR) is 116 cm³/mol. The largest absolute Gasteiger partial charge is 0.467 e. The van der Waals surface area contributed by atoms with Crippen LogP contribution in [0.1, 0.15) is 33.8 Å². The van der Waals surface area contributed by atoms with Crippen molar-refractivity contribution in [2.75, 3.05) is 11.9 Å². The van der Waals surface area contributed by atoms with Crippen LogP contribution in [0.2, 0.25) is 0 Å². The van der Waals surface area contributed by atoms with Crippen LogP contribution in [0.4, 0.5) is 5.69 Å². The first-order valence-electron chi connectivity index (χ1n) is 9.74. The Kier molecular flexibility index (Phi) is 6.57. The van der Waals surface area contributed by atoms with E-state index >= 15 is 0 Å². The zero-order chi connectivity index (χ0) is 21.7. The predicted octanol–water partition coefficient (Wildman–Crippen LogP) is 4.56. The zero-order valence-electron chi connectivity index (χ0n) is 17.7. The van der Waals surface area contributed by atoms with E-state index in [1.54, 1.807) is 12.3 Å². The molecule has 30 heavy (non-hydrogen) atoms. The third-order valence-corrected chi connectivity index (χ3v) is 4.76. The highest BCUT2D eigenvalue weighted by Gasteiger charge is 2.10. The van der Waals surface area contributed by atoms with E-state index in [1.807, 2.05) is 64.1 Å². The summed E-state index contributed by atoms with van der Waals surface area (Å²) in [5.74, 6) is -0.0821. The molecule has 0 unspecified atom stereocenters. The Bertz CT molecular complexity index is 1050. The average molecular weight is 406 g/mol. The van der Waals surface area contributed by atoms with Gasteiger partial charge in [0.05, 0.1) is 12.8 Å². The van der Waals surface area contributed by atoms with Crippen molar-refractivity contribution in [1.29, 1.82) is 0 Å². The lowest BCUT2D eigenvalue weighted by Crippen LogP contribution is -2.20. The summed E-state index contributed by atoms with van der Waals surface area (Å²) in [5, 5.41) is 2.74. The molecule has 0 aliphatic heterocycles. The first-order chi connectivity index (χ1) is 14.3. The maximum Gasteiger partial charge on any atom is 0.331 e. The minimum atomic E-state index is -0.568. The molecule has 1 N–H and O–H groups in total. The van der Waals surface area contributed by atoms with Crippen LogP contribution in [0, 0.1) is 27.7 Å². The summed E-state index contributed by atoms with van der Waals surface area (Å²) in [6, 6.07) is 11.5. The van der Waals surface area contributed by atoms with E-state index in [-0.39, 0.29) is 12.5 Å². The van der Waals surface area contributed by atoms with Crippen LogP contribution < -0.4 is 5.32 Å². The molecule has 0 fully saturated rings. The molecule has 0 spiro atoms. The quantitative estimate of drug-likeness (QED) is 0.461. The SMILES string of the molecule is Cc1cc(C)cc(NC(=O)COC(=O)/C=C/c2cc(C)n(Cc3ccco3)c2C)c1. The molecular weight excluding hydrogens is 380 g/mol. The van der Waals surface area contributed by atoms with Gasteiger partial charge in [0.2, 0.25) is 0 Å². The van der Waals surface area contributed by atoms with Gasteiger partial charge in [0, 0.05) is 23.2 Å². The zero-order valence-corrected chi connectivity index (χ0v) is 17.7. The molecule has 3 aromatic rings. The molecule has 156 valence electrons. The van der Waals surface area contributed by atoms with Gasteiger partial charge in [-0.2, -0.15) is 0 Å². The second-order valence-electron chi connectivity index (χ2n) is 7.36. The number of hydrogen-bond donors (Lipinski definition) is 1. The second kappa shape index (κ2) is 9.31. The van der Waals surface area contributed by atoms with Gasteiger partial charge >= 0.3 is 5.97 Å². The molecule has 0 aliphatic rings. The van der Waals surface area contributed by atoms with E-state index in [9.17, 15) is 9.59 Å². The van der Waals surface area contributed by atoms with Gasteiger partial charge in [0.15, 0.2) is 6.61 Å². The summed E-state index contributed by atoms with van der Waals surface area (Å²) < 4.78 is 12.6. The third kappa shape index (κ3) is 5.50. The lowest BCUT2D eigenvalue weighted by atomic mass is 10.1. The highest BCUT2D eigenvalue weighted by molar-refractivity contribution is 5.94. The molecule has 0 bridgehead atoms. The Morgan fingerprint density at radius 1 is 1.10 bits per heavy atom. The standard InChI is InChI=1S/C24H26N2O4/c1-16-10-17(2)12-21(11-16)25-23(27)15-30-24(28)8-7-20-13-18(3)26(19(20)4)14-22-6-5-9-29-22/h5-13H,14-15H2,1-4H3,(H,25,27)/b8-7+. The van der Waals surface area contributed by atoms with Crippen LogP contribution in [-0.2, 0) is 20.9 Å². The number of anilines is 1. The minimum absolute atomic E-state index is 0.340. The monoisotopic (exact) mass is 406 g/mol. The molecule has 1 amide bonds. The lowest BCUT2D eigenvalue weighted by molar-refractivity contribution is -0.142. The number of furan rings is 1. The number of carbonyl (C=O) groups excluding carboxylic acids is 2. The Balaban J connectivity index is 1.55. The molecule has 2 aromatic heterocycles. The number of aryl methyl sites for hydroxylation is 3. The van der Waals surface area contributed by atoms with Crippen molar-refractivity contribution in [1.82, 2.24) is 4.57 Å². The normalized spacial score (nSPS) is 11.1. The van der Waals surface area contributed by atoms with Gasteiger partial charge in [-0.1, -0.05) is 6.07 Å². The summed E-state index contributed by atoms with van der Waals surface area (Å²) in [5.41, 5.74) is 5.78. The molecule has 0 saturated carbocycles. The van der Waals surface area contributed by atoms with E-state index in [0.29, 0.717) is 12.2 Å². The van der Waals surface area contributed by atoms with Gasteiger partial charge < -0.3 is 19.0 Å². The Morgan fingerprint density at radius 2 is 1.83 bits per heavy atom. The highest BCUT2D eigenvalue weighted by atomic mass is 16.5. The number of aromatic nitrogens is 1. The van der Waals surface area contributed by atoms with Gasteiger partial charge in [-0.05, 0) is 80.8 Å². The Morgan fingerprint density at radius 3 is 2.50 bits per heavy atom. The number of nitrogens with one attached hydrogen (secondary N) is 1. The summed E-state index contributed by atoms with van der Waals surface area (Å²) in [6.45, 7) is 8.19. The average Bonchev–Trinajstić information content (AvgIpc) is 3.28. The molecule has 0 aliphatic carbocycles. The van der Waals surface area contributed by atoms with E-state index in [4.69, 9.17) is 9.15 Å². The van der Waals surface area contributed by atoms with Gasteiger partial charge in [-0.15, -0.1) is 0 Å². The van der Waals surface area contributed by atoms with Crippen molar-refractivity contribution < 1.29 is 18.7 Å². The lowest BCUT2D eigenvalue weighted by Gasteiger charge is -2.08. The Labute approximate surface area is 176 Å². The summed E-state index contributed by atoms with van der Waals surface area (Å²) in [4.78, 5) is 24.1. The molecule has 1 aromatic carbocycles. The van der Waals surface area contributed by atoms with Crippen LogP contribution in [0.15, 0.2) is 53.2 Å². The van der Waals surface area contributed by atoms with Gasteiger partial charge in [0.1, 0.15) is 5.76 Å². The topological polar surface area (TPSA) is 73.5 Å². The highest BCUT2D eigenvalue weighted by Crippen LogP contribution is 2.19. The number of esters is 1. The maximum absolute atomic E-state index is 12.0. The van der Waals surface area contributed by atoms with Gasteiger partial charge in [0.25, 0.3) is 5.91 Å². The van der Waals surface area contributed by atoms with E-state index in [2.05, 4.69) is 9.88 Å². The number of benzene rings is 1. The molecule has 0 atom stereocenters. The van der Waals surface area contributed by atoms with Crippen molar-refractivity contribution in [2.45, 2.75) is 34.2 Å². The fraction of sp³-hybridized carbons (Fsp3) is 0.250. The molecule has 6 heteroatoms. The number of amides is 1. The van der Waals surface area contributed by atoms with Crippen molar-refractivity contribution >= 4 is 23.6 Å². The first-order valence-corrected chi connectivity index (χ1v) is 9.74. The third-order valence-electron chi connectivity index (χ3n) is 4.76. The number of ether oxygens (including phenoxy) is 1. The minimum Gasteiger partial charge on any atom is -0.467 e. The van der Waals surface area contributed by atoms with Crippen LogP contribution in [0.5, 0.6) is 0 Å². The number of hydrogen-bond acceptors (Lipinski definition) is 4. The smallest absolute Gasteiger partial charge is 0.331 e. The van der Waals surface area contributed by atoms with E-state index < -0.39 is 5.97 Å². The first kappa shape index (κ1) is 21.2. The summed E-state index contributed by atoms with van der Waals surface area (Å²) >= 11 is 0. The van der Waals surface area contributed by atoms with Crippen LogP contribution in [0.25, 0.3) is 6.08 Å². The van der Waals surface area contributed by atoms with Crippen molar-refractivity contribution in [3.05, 3.63) is 82.6 Å². The van der Waals surface area contributed by atoms with Gasteiger partial charge in [-0.3, -0.25) is 4.79 Å². The maximum atomic E-state index is 12.0. The van der Waals surface area contributed by atoms with Crippen LogP contribution >= 0.6 is 0 Å². The van der Waals surface area contributed by atoms with E-state index in [0.717, 1.165) is 33.8 Å². The second-order valence-corrected chi connectivity index (χ2v) is 7.36. The van der Waals surface area contributed by atoms with Crippen molar-refractivity contribution in [3.8, 4) is 0 Å². The van der Waals surface area contributed by atoms with E-state index in [1.165, 1.54) is 6.08 Å².